The first kappa shape index (κ1) is 13.3. The van der Waals surface area contributed by atoms with Crippen LogP contribution >= 0.6 is 0 Å². The molecule has 3 nitrogen and oxygen atoms in total. The van der Waals surface area contributed by atoms with Gasteiger partial charge in [0.1, 0.15) is 5.60 Å². The van der Waals surface area contributed by atoms with Crippen molar-refractivity contribution in [3.63, 3.8) is 0 Å². The van der Waals surface area contributed by atoms with Crippen LogP contribution in [0.25, 0.3) is 0 Å². The highest BCUT2D eigenvalue weighted by Gasteiger charge is 2.36. The largest absolute Gasteiger partial charge is 0.443 e. The number of nitrogens with zero attached hydrogens (tertiary/aromatic N) is 1. The van der Waals surface area contributed by atoms with E-state index >= 15 is 0 Å². The van der Waals surface area contributed by atoms with Gasteiger partial charge in [-0.1, -0.05) is 27.7 Å². The lowest BCUT2D eigenvalue weighted by Gasteiger charge is -2.36. The quantitative estimate of drug-likeness (QED) is 0.736. The van der Waals surface area contributed by atoms with Crippen LogP contribution in [-0.2, 0) is 4.74 Å². The summed E-state index contributed by atoms with van der Waals surface area (Å²) in [5.41, 5.74) is -0.278. The second-order valence-corrected chi connectivity index (χ2v) is 4.99. The van der Waals surface area contributed by atoms with Crippen molar-refractivity contribution in [1.82, 2.24) is 4.90 Å². The van der Waals surface area contributed by atoms with Crippen molar-refractivity contribution in [3.8, 4) is 0 Å². The summed E-state index contributed by atoms with van der Waals surface area (Å²) in [4.78, 5) is 13.8. The predicted molar refractivity (Wildman–Crippen MR) is 65.4 cm³/mol. The summed E-state index contributed by atoms with van der Waals surface area (Å²) in [6.45, 7) is 10.2. The fourth-order valence-electron chi connectivity index (χ4n) is 2.47. The molecule has 0 aromatic heterocycles. The molecule has 0 saturated carbocycles. The van der Waals surface area contributed by atoms with Gasteiger partial charge in [-0.2, -0.15) is 0 Å². The van der Waals surface area contributed by atoms with Crippen LogP contribution in [-0.4, -0.2) is 29.7 Å². The van der Waals surface area contributed by atoms with E-state index in [0.29, 0.717) is 5.92 Å². The van der Waals surface area contributed by atoms with E-state index in [2.05, 4.69) is 27.7 Å². The number of likely N-dealkylation sites (tertiary alicyclic amines) is 1. The molecule has 1 rings (SSSR count). The molecule has 0 aromatic rings. The molecule has 94 valence electrons. The van der Waals surface area contributed by atoms with Crippen LogP contribution in [0.4, 0.5) is 4.79 Å². The van der Waals surface area contributed by atoms with Crippen LogP contribution in [0.3, 0.4) is 0 Å². The minimum Gasteiger partial charge on any atom is -0.443 e. The smallest absolute Gasteiger partial charge is 0.410 e. The number of hydrogen-bond acceptors (Lipinski definition) is 2. The second-order valence-electron chi connectivity index (χ2n) is 4.99. The van der Waals surface area contributed by atoms with Crippen LogP contribution in [0.1, 0.15) is 53.4 Å². The summed E-state index contributed by atoms with van der Waals surface area (Å²) in [5.74, 6) is 0.369. The molecule has 0 bridgehead atoms. The van der Waals surface area contributed by atoms with Gasteiger partial charge in [0, 0.05) is 13.1 Å². The molecule has 0 atom stereocenters. The van der Waals surface area contributed by atoms with Gasteiger partial charge in [-0.3, -0.25) is 0 Å². The number of ether oxygens (including phenoxy) is 1. The molecule has 1 heterocycles. The van der Waals surface area contributed by atoms with Crippen LogP contribution in [0.5, 0.6) is 0 Å². The van der Waals surface area contributed by atoms with E-state index in [9.17, 15) is 4.79 Å². The molecule has 0 spiro atoms. The van der Waals surface area contributed by atoms with Crippen LogP contribution < -0.4 is 0 Å². The Morgan fingerprint density at radius 1 is 1.25 bits per heavy atom. The number of carbonyl (C=O) groups excluding carboxylic acids is 1. The normalized spacial score (nSPS) is 16.9. The third-order valence-corrected chi connectivity index (χ3v) is 3.90. The lowest BCUT2D eigenvalue weighted by atomic mass is 9.85. The molecule has 0 N–H and O–H groups in total. The van der Waals surface area contributed by atoms with Crippen LogP contribution in [0.15, 0.2) is 0 Å². The Balaban J connectivity index is 2.63. The molecular weight excluding hydrogens is 202 g/mol. The van der Waals surface area contributed by atoms with Crippen LogP contribution in [0.2, 0.25) is 0 Å². The Morgan fingerprint density at radius 3 is 2.12 bits per heavy atom. The van der Waals surface area contributed by atoms with E-state index in [1.807, 2.05) is 4.90 Å². The molecule has 0 aromatic carbocycles. The van der Waals surface area contributed by atoms with E-state index in [4.69, 9.17) is 4.74 Å². The molecule has 1 aliphatic rings. The van der Waals surface area contributed by atoms with Crippen LogP contribution in [0, 0.1) is 5.92 Å². The summed E-state index contributed by atoms with van der Waals surface area (Å²) in [6, 6.07) is 0. The van der Waals surface area contributed by atoms with Gasteiger partial charge in [0.25, 0.3) is 0 Å². The SMILES string of the molecule is CCC(CC)(OC(=O)N1CCCC1)C(C)C. The van der Waals surface area contributed by atoms with Crippen molar-refractivity contribution in [3.05, 3.63) is 0 Å². The summed E-state index contributed by atoms with van der Waals surface area (Å²) in [7, 11) is 0. The first-order chi connectivity index (χ1) is 7.55. The monoisotopic (exact) mass is 227 g/mol. The topological polar surface area (TPSA) is 29.5 Å². The van der Waals surface area contributed by atoms with Gasteiger partial charge in [-0.05, 0) is 31.6 Å². The van der Waals surface area contributed by atoms with Gasteiger partial charge in [0.2, 0.25) is 0 Å². The fourth-order valence-corrected chi connectivity index (χ4v) is 2.47. The van der Waals surface area contributed by atoms with Crippen molar-refractivity contribution in [2.24, 2.45) is 5.92 Å². The maximum absolute atomic E-state index is 12.0. The van der Waals surface area contributed by atoms with Gasteiger partial charge in [-0.15, -0.1) is 0 Å². The van der Waals surface area contributed by atoms with Gasteiger partial charge in [-0.25, -0.2) is 4.79 Å². The average molecular weight is 227 g/mol. The van der Waals surface area contributed by atoms with E-state index in [1.54, 1.807) is 0 Å². The lowest BCUT2D eigenvalue weighted by molar-refractivity contribution is -0.0438. The van der Waals surface area contributed by atoms with Crippen molar-refractivity contribution in [2.75, 3.05) is 13.1 Å². The molecule has 0 aliphatic carbocycles. The molecular formula is C13H25NO2. The highest BCUT2D eigenvalue weighted by atomic mass is 16.6. The Bertz CT molecular complexity index is 228. The molecule has 1 aliphatic heterocycles. The molecule has 3 heteroatoms. The van der Waals surface area contributed by atoms with E-state index in [1.165, 1.54) is 0 Å². The molecule has 0 unspecified atom stereocenters. The van der Waals surface area contributed by atoms with Crippen molar-refractivity contribution < 1.29 is 9.53 Å². The summed E-state index contributed by atoms with van der Waals surface area (Å²) < 4.78 is 5.77. The third kappa shape index (κ3) is 2.69. The van der Waals surface area contributed by atoms with Gasteiger partial charge in [0.05, 0.1) is 0 Å². The summed E-state index contributed by atoms with van der Waals surface area (Å²) in [5, 5.41) is 0. The van der Waals surface area contributed by atoms with Gasteiger partial charge < -0.3 is 9.64 Å². The second kappa shape index (κ2) is 5.55. The zero-order valence-electron chi connectivity index (χ0n) is 11.1. The predicted octanol–water partition coefficient (Wildman–Crippen LogP) is 3.43. The first-order valence-corrected chi connectivity index (χ1v) is 6.53. The van der Waals surface area contributed by atoms with Crippen molar-refractivity contribution in [1.29, 1.82) is 0 Å². The Labute approximate surface area is 99.1 Å². The van der Waals surface area contributed by atoms with E-state index < -0.39 is 0 Å². The molecule has 1 amide bonds. The highest BCUT2D eigenvalue weighted by molar-refractivity contribution is 5.68. The van der Waals surface area contributed by atoms with E-state index in [0.717, 1.165) is 38.8 Å². The van der Waals surface area contributed by atoms with Crippen molar-refractivity contribution >= 4 is 6.09 Å². The average Bonchev–Trinajstić information content (AvgIpc) is 2.78. The maximum atomic E-state index is 12.0. The minimum atomic E-state index is -0.278. The number of amides is 1. The Morgan fingerprint density at radius 2 is 1.75 bits per heavy atom. The molecule has 16 heavy (non-hydrogen) atoms. The standard InChI is InChI=1S/C13H25NO2/c1-5-13(6-2,11(3)4)16-12(15)14-9-7-8-10-14/h11H,5-10H2,1-4H3. The lowest BCUT2D eigenvalue weighted by Crippen LogP contribution is -2.43. The third-order valence-electron chi connectivity index (χ3n) is 3.90. The zero-order valence-corrected chi connectivity index (χ0v) is 11.1. The number of rotatable bonds is 4. The maximum Gasteiger partial charge on any atom is 0.410 e. The first-order valence-electron chi connectivity index (χ1n) is 6.53. The summed E-state index contributed by atoms with van der Waals surface area (Å²) >= 11 is 0. The molecule has 0 radical (unpaired) electrons. The minimum absolute atomic E-state index is 0.116. The molecule has 1 saturated heterocycles. The summed E-state index contributed by atoms with van der Waals surface area (Å²) in [6.07, 6.45) is 3.89. The van der Waals surface area contributed by atoms with E-state index in [-0.39, 0.29) is 11.7 Å². The van der Waals surface area contributed by atoms with Crippen molar-refractivity contribution in [2.45, 2.75) is 59.0 Å². The number of hydrogen-bond donors (Lipinski definition) is 0. The zero-order chi connectivity index (χ0) is 12.2. The Kier molecular flexibility index (Phi) is 4.63. The fraction of sp³-hybridized carbons (Fsp3) is 0.923. The Hall–Kier alpha value is -0.730. The molecule has 1 fully saturated rings. The highest BCUT2D eigenvalue weighted by Crippen LogP contribution is 2.30. The van der Waals surface area contributed by atoms with Gasteiger partial charge >= 0.3 is 6.09 Å². The van der Waals surface area contributed by atoms with Gasteiger partial charge in [0.15, 0.2) is 0 Å². The number of carbonyl (C=O) groups is 1.